The van der Waals surface area contributed by atoms with Gasteiger partial charge in [-0.1, -0.05) is 40.6 Å². The van der Waals surface area contributed by atoms with Gasteiger partial charge in [0.15, 0.2) is 5.71 Å². The van der Waals surface area contributed by atoms with Gasteiger partial charge in [-0.3, -0.25) is 0 Å². The molecular weight excluding hydrogens is 431 g/mol. The number of hydrogen-bond acceptors (Lipinski definition) is 6. The number of rotatable bonds is 7. The minimum Gasteiger partial charge on any atom is -0.464 e. The lowest BCUT2D eigenvalue weighted by atomic mass is 9.99. The van der Waals surface area contributed by atoms with Crippen LogP contribution in [0.4, 0.5) is 4.39 Å². The second kappa shape index (κ2) is 9.98. The Labute approximate surface area is 171 Å². The molecule has 6 nitrogen and oxygen atoms in total. The molecule has 0 spiro atoms. The van der Waals surface area contributed by atoms with E-state index in [-0.39, 0.29) is 12.3 Å². The van der Waals surface area contributed by atoms with E-state index in [1.165, 1.54) is 14.2 Å². The first-order chi connectivity index (χ1) is 13.4. The smallest absolute Gasteiger partial charge is 0.360 e. The van der Waals surface area contributed by atoms with E-state index in [2.05, 4.69) is 26.2 Å². The lowest BCUT2D eigenvalue weighted by molar-refractivity contribution is -0.132. The fraction of sp³-hybridized carbons (Fsp3) is 0.250. The van der Waals surface area contributed by atoms with Gasteiger partial charge >= 0.3 is 5.97 Å². The van der Waals surface area contributed by atoms with Crippen LogP contribution in [-0.2, 0) is 25.8 Å². The van der Waals surface area contributed by atoms with Gasteiger partial charge in [0.25, 0.3) is 0 Å². The van der Waals surface area contributed by atoms with Gasteiger partial charge in [-0.2, -0.15) is 0 Å². The van der Waals surface area contributed by atoms with Crippen molar-refractivity contribution in [3.8, 4) is 0 Å². The molecule has 0 amide bonds. The SMILES string of the molecule is CO/N=C(/C(=O)OC)c1cccc(C)c1CO/N=C(\C)c1cccc(Br)c1F. The van der Waals surface area contributed by atoms with Crippen molar-refractivity contribution in [2.45, 2.75) is 20.5 Å². The molecule has 0 saturated heterocycles. The normalized spacial score (nSPS) is 11.9. The summed E-state index contributed by atoms with van der Waals surface area (Å²) in [5, 5.41) is 7.79. The molecule has 0 bridgehead atoms. The maximum absolute atomic E-state index is 14.2. The highest BCUT2D eigenvalue weighted by Gasteiger charge is 2.20. The summed E-state index contributed by atoms with van der Waals surface area (Å²) in [5.41, 5.74) is 2.80. The first-order valence-corrected chi connectivity index (χ1v) is 9.09. The Balaban J connectivity index is 2.31. The van der Waals surface area contributed by atoms with Gasteiger partial charge in [-0.25, -0.2) is 9.18 Å². The van der Waals surface area contributed by atoms with E-state index in [1.54, 1.807) is 37.3 Å². The van der Waals surface area contributed by atoms with Crippen LogP contribution in [-0.4, -0.2) is 31.6 Å². The zero-order chi connectivity index (χ0) is 20.7. The Bertz CT molecular complexity index is 928. The first kappa shape index (κ1) is 21.6. The van der Waals surface area contributed by atoms with Crippen molar-refractivity contribution in [3.63, 3.8) is 0 Å². The number of carbonyl (C=O) groups is 1. The summed E-state index contributed by atoms with van der Waals surface area (Å²) in [4.78, 5) is 22.3. The van der Waals surface area contributed by atoms with Gasteiger partial charge in [-0.05, 0) is 41.4 Å². The number of carbonyl (C=O) groups excluding carboxylic acids is 1. The number of esters is 1. The fourth-order valence-corrected chi connectivity index (χ4v) is 2.89. The van der Waals surface area contributed by atoms with Crippen molar-refractivity contribution in [1.82, 2.24) is 0 Å². The van der Waals surface area contributed by atoms with Crippen LogP contribution in [0.3, 0.4) is 0 Å². The standard InChI is InChI=1S/C20H20BrFN2O4/c1-12-7-5-9-15(19(24-27-4)20(25)26-3)16(12)11-28-23-13(2)14-8-6-10-17(21)18(14)22/h5-10H,11H2,1-4H3/b23-13+,24-19+. The molecule has 0 atom stereocenters. The number of hydrogen-bond donors (Lipinski definition) is 0. The van der Waals surface area contributed by atoms with Crippen LogP contribution in [0.5, 0.6) is 0 Å². The number of methoxy groups -OCH3 is 1. The monoisotopic (exact) mass is 450 g/mol. The highest BCUT2D eigenvalue weighted by atomic mass is 79.9. The number of benzene rings is 2. The van der Waals surface area contributed by atoms with E-state index in [4.69, 9.17) is 14.4 Å². The third kappa shape index (κ3) is 4.95. The highest BCUT2D eigenvalue weighted by Crippen LogP contribution is 2.20. The third-order valence-electron chi connectivity index (χ3n) is 3.98. The molecule has 0 aliphatic rings. The molecule has 0 radical (unpaired) electrons. The van der Waals surface area contributed by atoms with Gasteiger partial charge in [0.05, 0.1) is 17.3 Å². The Morgan fingerprint density at radius 3 is 2.46 bits per heavy atom. The largest absolute Gasteiger partial charge is 0.464 e. The van der Waals surface area contributed by atoms with Crippen molar-refractivity contribution >= 4 is 33.3 Å². The summed E-state index contributed by atoms with van der Waals surface area (Å²) in [7, 11) is 2.61. The summed E-state index contributed by atoms with van der Waals surface area (Å²) in [6, 6.07) is 10.3. The first-order valence-electron chi connectivity index (χ1n) is 8.30. The third-order valence-corrected chi connectivity index (χ3v) is 4.59. The molecule has 0 heterocycles. The molecule has 0 unspecified atom stereocenters. The van der Waals surface area contributed by atoms with Crippen molar-refractivity contribution in [1.29, 1.82) is 0 Å². The quantitative estimate of drug-likeness (QED) is 0.357. The van der Waals surface area contributed by atoms with Crippen molar-refractivity contribution in [2.75, 3.05) is 14.2 Å². The lowest BCUT2D eigenvalue weighted by Gasteiger charge is -2.12. The van der Waals surface area contributed by atoms with Crippen LogP contribution in [0.1, 0.15) is 29.2 Å². The molecule has 0 fully saturated rings. The van der Waals surface area contributed by atoms with Crippen molar-refractivity contribution < 1.29 is 23.6 Å². The minimum atomic E-state index is -0.635. The topological polar surface area (TPSA) is 69.5 Å². The maximum atomic E-state index is 14.2. The summed E-state index contributed by atoms with van der Waals surface area (Å²) < 4.78 is 19.3. The van der Waals surface area contributed by atoms with Gasteiger partial charge < -0.3 is 14.4 Å². The van der Waals surface area contributed by atoms with Crippen molar-refractivity contribution in [3.05, 3.63) is 68.9 Å². The van der Waals surface area contributed by atoms with Crippen LogP contribution in [0, 0.1) is 12.7 Å². The Morgan fingerprint density at radius 1 is 1.11 bits per heavy atom. The van der Waals surface area contributed by atoms with E-state index in [9.17, 15) is 9.18 Å². The molecule has 2 aromatic carbocycles. The molecule has 0 aromatic heterocycles. The number of nitrogens with zero attached hydrogens (tertiary/aromatic N) is 2. The second-order valence-corrected chi connectivity index (χ2v) is 6.62. The number of halogens is 2. The predicted molar refractivity (Wildman–Crippen MR) is 108 cm³/mol. The molecular formula is C20H20BrFN2O4. The molecule has 0 N–H and O–H groups in total. The van der Waals surface area contributed by atoms with Crippen LogP contribution in [0.2, 0.25) is 0 Å². The Morgan fingerprint density at radius 2 is 1.79 bits per heavy atom. The number of aryl methyl sites for hydroxylation is 1. The summed E-state index contributed by atoms with van der Waals surface area (Å²) in [6.45, 7) is 3.57. The molecule has 2 aromatic rings. The fourth-order valence-electron chi connectivity index (χ4n) is 2.53. The number of oxime groups is 2. The van der Waals surface area contributed by atoms with Gasteiger partial charge in [0.2, 0.25) is 0 Å². The van der Waals surface area contributed by atoms with Crippen LogP contribution in [0.15, 0.2) is 51.2 Å². The van der Waals surface area contributed by atoms with E-state index in [1.807, 2.05) is 13.0 Å². The number of ether oxygens (including phenoxy) is 1. The molecule has 28 heavy (non-hydrogen) atoms. The molecule has 0 aliphatic heterocycles. The lowest BCUT2D eigenvalue weighted by Crippen LogP contribution is -2.20. The summed E-state index contributed by atoms with van der Waals surface area (Å²) in [5.74, 6) is -1.05. The van der Waals surface area contributed by atoms with Crippen LogP contribution >= 0.6 is 15.9 Å². The van der Waals surface area contributed by atoms with Gasteiger partial charge in [-0.15, -0.1) is 0 Å². The molecule has 8 heteroatoms. The molecule has 148 valence electrons. The summed E-state index contributed by atoms with van der Waals surface area (Å²) >= 11 is 3.15. The molecule has 0 saturated carbocycles. The van der Waals surface area contributed by atoms with E-state index in [0.29, 0.717) is 26.9 Å². The van der Waals surface area contributed by atoms with E-state index in [0.717, 1.165) is 5.56 Å². The van der Waals surface area contributed by atoms with Crippen molar-refractivity contribution in [2.24, 2.45) is 10.3 Å². The zero-order valence-electron chi connectivity index (χ0n) is 16.0. The minimum absolute atomic E-state index is 0.0195. The van der Waals surface area contributed by atoms with E-state index < -0.39 is 11.8 Å². The molecule has 0 aliphatic carbocycles. The average molecular weight is 451 g/mol. The molecule has 2 rings (SSSR count). The highest BCUT2D eigenvalue weighted by molar-refractivity contribution is 9.10. The maximum Gasteiger partial charge on any atom is 0.360 e. The Kier molecular flexibility index (Phi) is 7.69. The summed E-state index contributed by atoms with van der Waals surface area (Å²) in [6.07, 6.45) is 0. The van der Waals surface area contributed by atoms with Crippen LogP contribution < -0.4 is 0 Å². The average Bonchev–Trinajstić information content (AvgIpc) is 2.68. The zero-order valence-corrected chi connectivity index (χ0v) is 17.5. The predicted octanol–water partition coefficient (Wildman–Crippen LogP) is 4.36. The van der Waals surface area contributed by atoms with Gasteiger partial charge in [0, 0.05) is 16.7 Å². The Hall–Kier alpha value is -2.74. The van der Waals surface area contributed by atoms with Gasteiger partial charge in [0.1, 0.15) is 19.5 Å². The van der Waals surface area contributed by atoms with E-state index >= 15 is 0 Å². The van der Waals surface area contributed by atoms with Crippen LogP contribution in [0.25, 0.3) is 0 Å². The second-order valence-electron chi connectivity index (χ2n) is 5.77.